The van der Waals surface area contributed by atoms with Gasteiger partial charge in [-0.25, -0.2) is 0 Å². The van der Waals surface area contributed by atoms with Crippen molar-refractivity contribution in [3.05, 3.63) is 58.6 Å². The van der Waals surface area contributed by atoms with E-state index in [0.717, 1.165) is 32.1 Å². The SMILES string of the molecule is O=C1CC/C=C\CN(C2CCCCC2)C(=O)[C@H]2N(CCCO)C(=O)[C@@H]3[C@@H](C(=O)O[C@@H](c4ccccc4)CN1)[C@@H]1O[C@@]32C=C1Br. The second-order valence-corrected chi connectivity index (χ2v) is 13.3. The summed E-state index contributed by atoms with van der Waals surface area (Å²) < 4.78 is 13.3. The van der Waals surface area contributed by atoms with Crippen molar-refractivity contribution in [2.45, 2.75) is 81.3 Å². The molecule has 0 radical (unpaired) electrons. The molecule has 44 heavy (non-hydrogen) atoms. The highest BCUT2D eigenvalue weighted by Crippen LogP contribution is 2.59. The van der Waals surface area contributed by atoms with E-state index in [4.69, 9.17) is 9.47 Å². The number of hydrogen-bond donors (Lipinski definition) is 2. The minimum atomic E-state index is -1.35. The Morgan fingerprint density at radius 2 is 1.80 bits per heavy atom. The Kier molecular flexibility index (Phi) is 9.26. The smallest absolute Gasteiger partial charge is 0.313 e. The molecule has 5 bridgehead atoms. The Morgan fingerprint density at radius 1 is 1.02 bits per heavy atom. The van der Waals surface area contributed by atoms with Gasteiger partial charge in [0.1, 0.15) is 29.8 Å². The second-order valence-electron chi connectivity index (χ2n) is 12.4. The van der Waals surface area contributed by atoms with Crippen molar-refractivity contribution in [1.29, 1.82) is 0 Å². The highest BCUT2D eigenvalue weighted by molar-refractivity contribution is 9.11. The molecule has 6 rings (SSSR count). The van der Waals surface area contributed by atoms with Crippen LogP contribution in [-0.4, -0.2) is 88.6 Å². The van der Waals surface area contributed by atoms with Gasteiger partial charge in [-0.3, -0.25) is 19.2 Å². The van der Waals surface area contributed by atoms with Crippen molar-refractivity contribution in [2.24, 2.45) is 11.8 Å². The Balaban J connectivity index is 1.42. The molecule has 10 nitrogen and oxygen atoms in total. The first kappa shape index (κ1) is 31.0. The average Bonchev–Trinajstić information content (AvgIpc) is 3.63. The van der Waals surface area contributed by atoms with Crippen LogP contribution in [0, 0.1) is 11.8 Å². The molecule has 5 aliphatic rings. The van der Waals surface area contributed by atoms with E-state index in [1.807, 2.05) is 53.5 Å². The van der Waals surface area contributed by atoms with Crippen LogP contribution >= 0.6 is 15.9 Å². The van der Waals surface area contributed by atoms with Crippen LogP contribution in [0.1, 0.15) is 63.0 Å². The predicted octanol–water partition coefficient (Wildman–Crippen LogP) is 3.15. The number of likely N-dealkylation sites (tertiary alicyclic amines) is 1. The largest absolute Gasteiger partial charge is 0.455 e. The molecule has 0 unspecified atom stereocenters. The maximum absolute atomic E-state index is 14.7. The number of nitrogens with one attached hydrogen (secondary N) is 1. The summed E-state index contributed by atoms with van der Waals surface area (Å²) in [6.07, 6.45) is 10.0. The van der Waals surface area contributed by atoms with E-state index in [1.54, 1.807) is 0 Å². The Bertz CT molecular complexity index is 1330. The van der Waals surface area contributed by atoms with Gasteiger partial charge in [0.05, 0.1) is 12.5 Å². The van der Waals surface area contributed by atoms with Crippen LogP contribution in [0.15, 0.2) is 53.0 Å². The van der Waals surface area contributed by atoms with E-state index in [-0.39, 0.29) is 49.9 Å². The molecule has 3 fully saturated rings. The number of benzene rings is 1. The molecule has 236 valence electrons. The number of carbonyl (C=O) groups is 4. The molecule has 11 heteroatoms. The molecular formula is C33H40BrN3O7. The Hall–Kier alpha value is -3.02. The molecule has 2 N–H and O–H groups in total. The summed E-state index contributed by atoms with van der Waals surface area (Å²) in [5, 5.41) is 12.6. The van der Waals surface area contributed by atoms with E-state index in [0.29, 0.717) is 29.4 Å². The number of aliphatic hydroxyl groups is 1. The van der Waals surface area contributed by atoms with Gasteiger partial charge in [-0.1, -0.05) is 77.7 Å². The van der Waals surface area contributed by atoms with E-state index in [1.165, 1.54) is 4.90 Å². The van der Waals surface area contributed by atoms with E-state index in [2.05, 4.69) is 21.2 Å². The molecule has 1 aliphatic carbocycles. The molecular weight excluding hydrogens is 630 g/mol. The molecule has 6 atom stereocenters. The number of amides is 3. The van der Waals surface area contributed by atoms with E-state index < -0.39 is 41.7 Å². The minimum absolute atomic E-state index is 0.00921. The van der Waals surface area contributed by atoms with Gasteiger partial charge in [-0.2, -0.15) is 0 Å². The van der Waals surface area contributed by atoms with Crippen molar-refractivity contribution >= 4 is 39.6 Å². The van der Waals surface area contributed by atoms with Crippen molar-refractivity contribution in [1.82, 2.24) is 15.1 Å². The summed E-state index contributed by atoms with van der Waals surface area (Å²) in [5.41, 5.74) is -0.636. The van der Waals surface area contributed by atoms with Crippen molar-refractivity contribution in [3.8, 4) is 0 Å². The Labute approximate surface area is 265 Å². The highest BCUT2D eigenvalue weighted by Gasteiger charge is 2.75. The predicted molar refractivity (Wildman–Crippen MR) is 164 cm³/mol. The third kappa shape index (κ3) is 5.63. The summed E-state index contributed by atoms with van der Waals surface area (Å²) in [4.78, 5) is 59.2. The van der Waals surface area contributed by atoms with Gasteiger partial charge in [0.2, 0.25) is 17.7 Å². The van der Waals surface area contributed by atoms with Gasteiger partial charge < -0.3 is 29.7 Å². The van der Waals surface area contributed by atoms with Gasteiger partial charge in [-0.15, -0.1) is 0 Å². The summed E-state index contributed by atoms with van der Waals surface area (Å²) >= 11 is 3.59. The lowest BCUT2D eigenvalue weighted by Gasteiger charge is -2.40. The molecule has 2 saturated heterocycles. The molecule has 1 aromatic carbocycles. The van der Waals surface area contributed by atoms with E-state index >= 15 is 0 Å². The van der Waals surface area contributed by atoms with Crippen molar-refractivity contribution in [2.75, 3.05) is 26.2 Å². The fraction of sp³-hybridized carbons (Fsp3) is 0.576. The summed E-state index contributed by atoms with van der Waals surface area (Å²) in [7, 11) is 0. The van der Waals surface area contributed by atoms with Crippen LogP contribution in [-0.2, 0) is 28.7 Å². The summed E-state index contributed by atoms with van der Waals surface area (Å²) in [6.45, 7) is 0.450. The normalized spacial score (nSPS) is 34.0. The maximum atomic E-state index is 14.7. The summed E-state index contributed by atoms with van der Waals surface area (Å²) in [6, 6.07) is 8.21. The Morgan fingerprint density at radius 3 is 2.55 bits per heavy atom. The maximum Gasteiger partial charge on any atom is 0.313 e. The highest BCUT2D eigenvalue weighted by atomic mass is 79.9. The lowest BCUT2D eigenvalue weighted by Crippen LogP contribution is -2.58. The van der Waals surface area contributed by atoms with Crippen LogP contribution in [0.3, 0.4) is 0 Å². The summed E-state index contributed by atoms with van der Waals surface area (Å²) in [5.74, 6) is -3.30. The van der Waals surface area contributed by atoms with Gasteiger partial charge in [0.15, 0.2) is 0 Å². The number of nitrogens with zero attached hydrogens (tertiary/aromatic N) is 2. The first-order chi connectivity index (χ1) is 21.4. The fourth-order valence-corrected chi connectivity index (χ4v) is 8.38. The number of fused-ring (bicyclic) bond motifs is 2. The number of ether oxygens (including phenoxy) is 2. The zero-order chi connectivity index (χ0) is 30.8. The quantitative estimate of drug-likeness (QED) is 0.365. The zero-order valence-electron chi connectivity index (χ0n) is 24.7. The van der Waals surface area contributed by atoms with E-state index in [9.17, 15) is 24.3 Å². The van der Waals surface area contributed by atoms with Gasteiger partial charge in [0.25, 0.3) is 0 Å². The number of carbonyl (C=O) groups excluding carboxylic acids is 4. The van der Waals surface area contributed by atoms with Crippen LogP contribution < -0.4 is 5.32 Å². The first-order valence-electron chi connectivity index (χ1n) is 15.8. The topological polar surface area (TPSA) is 125 Å². The van der Waals surface area contributed by atoms with Gasteiger partial charge in [0, 0.05) is 36.6 Å². The zero-order valence-corrected chi connectivity index (χ0v) is 26.3. The number of hydrogen-bond acceptors (Lipinski definition) is 7. The third-order valence-corrected chi connectivity index (χ3v) is 10.4. The number of allylic oxidation sites excluding steroid dienone is 1. The monoisotopic (exact) mass is 669 g/mol. The first-order valence-corrected chi connectivity index (χ1v) is 16.6. The number of aliphatic hydroxyl groups excluding tert-OH is 1. The van der Waals surface area contributed by atoms with Gasteiger partial charge in [-0.05, 0) is 37.3 Å². The lowest BCUT2D eigenvalue weighted by molar-refractivity contribution is -0.160. The number of halogens is 1. The van der Waals surface area contributed by atoms with Crippen LogP contribution in [0.25, 0.3) is 0 Å². The molecule has 4 heterocycles. The van der Waals surface area contributed by atoms with Crippen molar-refractivity contribution in [3.63, 3.8) is 0 Å². The molecule has 1 spiro atoms. The fourth-order valence-electron chi connectivity index (χ4n) is 7.65. The molecule has 1 saturated carbocycles. The molecule has 0 aromatic heterocycles. The molecule has 4 aliphatic heterocycles. The molecule has 3 amide bonds. The van der Waals surface area contributed by atoms with Gasteiger partial charge >= 0.3 is 5.97 Å². The third-order valence-electron chi connectivity index (χ3n) is 9.71. The van der Waals surface area contributed by atoms with Crippen LogP contribution in [0.5, 0.6) is 0 Å². The number of cyclic esters (lactones) is 1. The lowest BCUT2D eigenvalue weighted by atomic mass is 9.74. The standard InChI is InChI=1S/C33H40BrN3O7/c34-23-19-33-27-26(28(23)44-33)32(42)43-24(21-11-4-1-5-12-21)20-35-25(39)15-8-3-9-16-36(22-13-6-2-7-14-22)31(41)29(33)37(30(27)40)17-10-18-38/h1,3-5,9,11-12,19,22,24,26-29,38H,2,6-8,10,13-18,20H2,(H,35,39)/b9-3-/t24-,26-,27+,28-,29-,33+/m1/s1. The van der Waals surface area contributed by atoms with Crippen LogP contribution in [0.4, 0.5) is 0 Å². The molecule has 1 aromatic rings. The second kappa shape index (κ2) is 13.1. The van der Waals surface area contributed by atoms with Crippen LogP contribution in [0.2, 0.25) is 0 Å². The number of esters is 1. The average molecular weight is 671 g/mol. The number of rotatable bonds is 5. The van der Waals surface area contributed by atoms with Crippen molar-refractivity contribution < 1.29 is 33.8 Å². The minimum Gasteiger partial charge on any atom is -0.455 e.